The van der Waals surface area contributed by atoms with Crippen LogP contribution in [0.3, 0.4) is 0 Å². The second-order valence-corrected chi connectivity index (χ2v) is 2.82. The van der Waals surface area contributed by atoms with Crippen molar-refractivity contribution >= 4 is 5.91 Å². The first-order valence-corrected chi connectivity index (χ1v) is 4.50. The van der Waals surface area contributed by atoms with E-state index in [1.165, 1.54) is 0 Å². The van der Waals surface area contributed by atoms with Gasteiger partial charge < -0.3 is 26.3 Å². The maximum atomic E-state index is 10.5. The minimum absolute atomic E-state index is 0.378. The third kappa shape index (κ3) is 7.93. The number of rotatable bonds is 9. The fraction of sp³-hybridized carbons (Fsp3) is 0.875. The molecule has 14 heavy (non-hydrogen) atoms. The molecule has 84 valence electrons. The summed E-state index contributed by atoms with van der Waals surface area (Å²) >= 11 is 0. The lowest BCUT2D eigenvalue weighted by molar-refractivity contribution is -0.119. The van der Waals surface area contributed by atoms with Gasteiger partial charge in [-0.2, -0.15) is 0 Å². The van der Waals surface area contributed by atoms with Crippen molar-refractivity contribution in [2.24, 2.45) is 11.5 Å². The molecule has 0 heterocycles. The zero-order valence-electron chi connectivity index (χ0n) is 8.49. The summed E-state index contributed by atoms with van der Waals surface area (Å²) in [6.07, 6.45) is 0. The molecule has 0 bridgehead atoms. The number of hydrogen-bond acceptors (Lipinski definition) is 5. The van der Waals surface area contributed by atoms with Crippen LogP contribution in [0.4, 0.5) is 0 Å². The lowest BCUT2D eigenvalue weighted by atomic mass is 10.3. The summed E-state index contributed by atoms with van der Waals surface area (Å²) in [6, 6.07) is -0.631. The molecule has 0 aromatic carbocycles. The number of nitrogens with one attached hydrogen (secondary N) is 1. The molecule has 0 spiro atoms. The van der Waals surface area contributed by atoms with Crippen LogP contribution in [0.5, 0.6) is 0 Å². The van der Waals surface area contributed by atoms with E-state index in [-0.39, 0.29) is 0 Å². The van der Waals surface area contributed by atoms with Crippen molar-refractivity contribution in [3.05, 3.63) is 0 Å². The highest BCUT2D eigenvalue weighted by Crippen LogP contribution is 1.76. The van der Waals surface area contributed by atoms with E-state index in [1.807, 2.05) is 0 Å². The number of methoxy groups -OCH3 is 1. The van der Waals surface area contributed by atoms with Gasteiger partial charge in [0, 0.05) is 20.2 Å². The van der Waals surface area contributed by atoms with Gasteiger partial charge in [0.1, 0.15) is 0 Å². The first kappa shape index (κ1) is 13.3. The highest BCUT2D eigenvalue weighted by Gasteiger charge is 2.06. The number of amides is 1. The molecule has 1 unspecified atom stereocenters. The van der Waals surface area contributed by atoms with Crippen LogP contribution in [0, 0.1) is 0 Å². The summed E-state index contributed by atoms with van der Waals surface area (Å²) in [6.45, 7) is 2.74. The zero-order chi connectivity index (χ0) is 10.8. The lowest BCUT2D eigenvalue weighted by Crippen LogP contribution is -2.44. The van der Waals surface area contributed by atoms with Gasteiger partial charge >= 0.3 is 0 Å². The van der Waals surface area contributed by atoms with E-state index in [0.29, 0.717) is 32.9 Å². The zero-order valence-corrected chi connectivity index (χ0v) is 8.49. The van der Waals surface area contributed by atoms with Crippen molar-refractivity contribution in [3.63, 3.8) is 0 Å². The topological polar surface area (TPSA) is 99.6 Å². The van der Waals surface area contributed by atoms with Crippen molar-refractivity contribution in [1.29, 1.82) is 0 Å². The molecule has 6 nitrogen and oxygen atoms in total. The molecule has 1 atom stereocenters. The Bertz CT molecular complexity index is 155. The van der Waals surface area contributed by atoms with Crippen LogP contribution in [0.15, 0.2) is 0 Å². The minimum Gasteiger partial charge on any atom is -0.382 e. The van der Waals surface area contributed by atoms with Crippen LogP contribution < -0.4 is 16.8 Å². The van der Waals surface area contributed by atoms with Crippen molar-refractivity contribution in [2.75, 3.05) is 40.0 Å². The molecule has 0 rings (SSSR count). The van der Waals surface area contributed by atoms with Crippen LogP contribution in [-0.2, 0) is 14.3 Å². The summed E-state index contributed by atoms with van der Waals surface area (Å²) in [5, 5.41) is 2.95. The van der Waals surface area contributed by atoms with Gasteiger partial charge in [-0.3, -0.25) is 4.79 Å². The van der Waals surface area contributed by atoms with Crippen LogP contribution in [-0.4, -0.2) is 52.0 Å². The van der Waals surface area contributed by atoms with Gasteiger partial charge in [0.25, 0.3) is 0 Å². The Kier molecular flexibility index (Phi) is 8.45. The number of primary amides is 1. The Morgan fingerprint density at radius 1 is 1.43 bits per heavy atom. The predicted octanol–water partition coefficient (Wildman–Crippen LogP) is -1.95. The molecule has 0 aliphatic carbocycles. The number of carbonyl (C=O) groups excluding carboxylic acids is 1. The minimum atomic E-state index is -0.631. The van der Waals surface area contributed by atoms with E-state index in [2.05, 4.69) is 5.32 Å². The van der Waals surface area contributed by atoms with Crippen LogP contribution in [0.1, 0.15) is 0 Å². The second kappa shape index (κ2) is 8.89. The average molecular weight is 205 g/mol. The lowest BCUT2D eigenvalue weighted by Gasteiger charge is -2.09. The molecule has 5 N–H and O–H groups in total. The molecule has 0 aliphatic rings. The molecule has 0 radical (unpaired) electrons. The largest absolute Gasteiger partial charge is 0.382 e. The molecule has 0 aromatic rings. The SMILES string of the molecule is COCCOCCNCC(N)C(N)=O. The number of hydrogen-bond donors (Lipinski definition) is 3. The van der Waals surface area contributed by atoms with Crippen LogP contribution in [0.25, 0.3) is 0 Å². The van der Waals surface area contributed by atoms with Gasteiger partial charge in [-0.1, -0.05) is 0 Å². The van der Waals surface area contributed by atoms with E-state index >= 15 is 0 Å². The van der Waals surface area contributed by atoms with E-state index in [9.17, 15) is 4.79 Å². The normalized spacial score (nSPS) is 12.7. The molecular weight excluding hydrogens is 186 g/mol. The third-order valence-corrected chi connectivity index (χ3v) is 1.58. The summed E-state index contributed by atoms with van der Waals surface area (Å²) < 4.78 is 9.96. The van der Waals surface area contributed by atoms with Crippen molar-refractivity contribution in [2.45, 2.75) is 6.04 Å². The summed E-state index contributed by atoms with van der Waals surface area (Å²) in [5.41, 5.74) is 10.3. The van der Waals surface area contributed by atoms with E-state index in [1.54, 1.807) is 7.11 Å². The molecule has 1 amide bonds. The molecule has 0 aromatic heterocycles. The maximum Gasteiger partial charge on any atom is 0.235 e. The summed E-state index contributed by atoms with van der Waals surface area (Å²) in [7, 11) is 1.62. The summed E-state index contributed by atoms with van der Waals surface area (Å²) in [5.74, 6) is -0.502. The second-order valence-electron chi connectivity index (χ2n) is 2.82. The van der Waals surface area contributed by atoms with Crippen LogP contribution >= 0.6 is 0 Å². The first-order valence-electron chi connectivity index (χ1n) is 4.50. The highest BCUT2D eigenvalue weighted by molar-refractivity contribution is 5.79. The highest BCUT2D eigenvalue weighted by atomic mass is 16.5. The van der Waals surface area contributed by atoms with Gasteiger partial charge in [0.15, 0.2) is 0 Å². The standard InChI is InChI=1S/C8H19N3O3/c1-13-4-5-14-3-2-11-6-7(9)8(10)12/h7,11H,2-6,9H2,1H3,(H2,10,12). The fourth-order valence-corrected chi connectivity index (χ4v) is 0.747. The van der Waals surface area contributed by atoms with Gasteiger partial charge in [0.2, 0.25) is 5.91 Å². The number of nitrogens with two attached hydrogens (primary N) is 2. The number of carbonyl (C=O) groups is 1. The van der Waals surface area contributed by atoms with Crippen molar-refractivity contribution in [3.8, 4) is 0 Å². The smallest absolute Gasteiger partial charge is 0.235 e. The van der Waals surface area contributed by atoms with Gasteiger partial charge in [0.05, 0.1) is 25.9 Å². The van der Waals surface area contributed by atoms with E-state index < -0.39 is 11.9 Å². The van der Waals surface area contributed by atoms with Crippen molar-refractivity contribution < 1.29 is 14.3 Å². The molecule has 0 saturated heterocycles. The first-order chi connectivity index (χ1) is 6.68. The maximum absolute atomic E-state index is 10.5. The molecule has 0 aliphatic heterocycles. The fourth-order valence-electron chi connectivity index (χ4n) is 0.747. The van der Waals surface area contributed by atoms with Gasteiger partial charge in [-0.25, -0.2) is 0 Å². The van der Waals surface area contributed by atoms with E-state index in [4.69, 9.17) is 20.9 Å². The Morgan fingerprint density at radius 3 is 2.71 bits per heavy atom. The van der Waals surface area contributed by atoms with Gasteiger partial charge in [-0.15, -0.1) is 0 Å². The van der Waals surface area contributed by atoms with Gasteiger partial charge in [-0.05, 0) is 0 Å². The quantitative estimate of drug-likeness (QED) is 0.380. The number of ether oxygens (including phenoxy) is 2. The Balaban J connectivity index is 3.09. The Morgan fingerprint density at radius 2 is 2.14 bits per heavy atom. The third-order valence-electron chi connectivity index (χ3n) is 1.58. The average Bonchev–Trinajstić information content (AvgIpc) is 2.16. The Labute approximate surface area is 83.9 Å². The molecule has 0 saturated carbocycles. The Hall–Kier alpha value is -0.690. The predicted molar refractivity (Wildman–Crippen MR) is 52.7 cm³/mol. The molecular formula is C8H19N3O3. The van der Waals surface area contributed by atoms with Crippen LogP contribution in [0.2, 0.25) is 0 Å². The summed E-state index contributed by atoms with van der Waals surface area (Å²) in [4.78, 5) is 10.5. The van der Waals surface area contributed by atoms with E-state index in [0.717, 1.165) is 0 Å². The van der Waals surface area contributed by atoms with Crippen molar-refractivity contribution in [1.82, 2.24) is 5.32 Å². The molecule has 0 fully saturated rings. The monoisotopic (exact) mass is 205 g/mol. The molecule has 6 heteroatoms.